The monoisotopic (exact) mass is 246 g/mol. The first-order valence-electron chi connectivity index (χ1n) is 7.32. The van der Waals surface area contributed by atoms with Crippen molar-refractivity contribution in [1.29, 1.82) is 0 Å². The van der Waals surface area contributed by atoms with E-state index in [-0.39, 0.29) is 0 Å². The zero-order chi connectivity index (χ0) is 13.0. The van der Waals surface area contributed by atoms with Crippen molar-refractivity contribution in [2.45, 2.75) is 58.4 Å². The van der Waals surface area contributed by atoms with E-state index in [0.29, 0.717) is 12.0 Å². The predicted molar refractivity (Wildman–Crippen MR) is 76.8 cm³/mol. The van der Waals surface area contributed by atoms with Gasteiger partial charge in [-0.3, -0.25) is 4.98 Å². The zero-order valence-electron chi connectivity index (χ0n) is 11.9. The van der Waals surface area contributed by atoms with E-state index < -0.39 is 0 Å². The lowest BCUT2D eigenvalue weighted by Crippen LogP contribution is -2.33. The third-order valence-corrected chi connectivity index (χ3v) is 4.06. The van der Waals surface area contributed by atoms with E-state index in [2.05, 4.69) is 49.4 Å². The van der Waals surface area contributed by atoms with Crippen molar-refractivity contribution in [1.82, 2.24) is 10.3 Å². The molecule has 1 heterocycles. The van der Waals surface area contributed by atoms with Gasteiger partial charge in [0.25, 0.3) is 0 Å². The molecular formula is C16H26N2. The number of nitrogens with zero attached hydrogens (tertiary/aromatic N) is 1. The molecule has 1 aliphatic rings. The van der Waals surface area contributed by atoms with Gasteiger partial charge >= 0.3 is 0 Å². The van der Waals surface area contributed by atoms with E-state index in [1.165, 1.54) is 31.2 Å². The molecule has 1 N–H and O–H groups in total. The normalized spacial score (nSPS) is 24.4. The van der Waals surface area contributed by atoms with Crippen LogP contribution in [0.2, 0.25) is 0 Å². The first kappa shape index (κ1) is 13.5. The van der Waals surface area contributed by atoms with Crippen molar-refractivity contribution in [3.63, 3.8) is 0 Å². The first-order chi connectivity index (χ1) is 8.66. The number of nitrogens with one attached hydrogen (secondary N) is 1. The van der Waals surface area contributed by atoms with Crippen LogP contribution in [0.5, 0.6) is 0 Å². The maximum Gasteiger partial charge on any atom is 0.0372 e. The fraction of sp³-hybridized carbons (Fsp3) is 0.688. The highest BCUT2D eigenvalue weighted by molar-refractivity contribution is 5.19. The Morgan fingerprint density at radius 1 is 1.28 bits per heavy atom. The molecule has 0 amide bonds. The van der Waals surface area contributed by atoms with Gasteiger partial charge in [-0.05, 0) is 49.8 Å². The number of aryl methyl sites for hydroxylation is 1. The molecule has 1 aromatic heterocycles. The van der Waals surface area contributed by atoms with Crippen LogP contribution in [0.25, 0.3) is 0 Å². The number of hydrogen-bond donors (Lipinski definition) is 1. The fourth-order valence-corrected chi connectivity index (χ4v) is 2.98. The van der Waals surface area contributed by atoms with E-state index in [1.807, 2.05) is 0 Å². The Kier molecular flexibility index (Phi) is 4.76. The summed E-state index contributed by atoms with van der Waals surface area (Å²) in [4.78, 5) is 4.46. The van der Waals surface area contributed by atoms with Crippen molar-refractivity contribution in [2.75, 3.05) is 6.54 Å². The van der Waals surface area contributed by atoms with E-state index in [0.717, 1.165) is 18.2 Å². The molecule has 2 nitrogen and oxygen atoms in total. The summed E-state index contributed by atoms with van der Waals surface area (Å²) >= 11 is 0. The van der Waals surface area contributed by atoms with Crippen LogP contribution in [0.15, 0.2) is 18.3 Å². The number of hydrogen-bond acceptors (Lipinski definition) is 2. The summed E-state index contributed by atoms with van der Waals surface area (Å²) in [7, 11) is 0. The van der Waals surface area contributed by atoms with Gasteiger partial charge in [-0.25, -0.2) is 0 Å². The Hall–Kier alpha value is -0.890. The van der Waals surface area contributed by atoms with Gasteiger partial charge in [-0.1, -0.05) is 32.8 Å². The van der Waals surface area contributed by atoms with Crippen LogP contribution in [0.4, 0.5) is 0 Å². The lowest BCUT2D eigenvalue weighted by atomic mass is 9.76. The minimum atomic E-state index is 0.587. The van der Waals surface area contributed by atoms with E-state index in [9.17, 15) is 0 Å². The maximum atomic E-state index is 4.46. The lowest BCUT2D eigenvalue weighted by Gasteiger charge is -2.32. The van der Waals surface area contributed by atoms with Crippen LogP contribution in [-0.2, 0) is 0 Å². The van der Waals surface area contributed by atoms with Crippen molar-refractivity contribution < 1.29 is 0 Å². The van der Waals surface area contributed by atoms with Crippen LogP contribution in [-0.4, -0.2) is 17.6 Å². The van der Waals surface area contributed by atoms with Crippen LogP contribution in [0, 0.1) is 12.8 Å². The van der Waals surface area contributed by atoms with Crippen molar-refractivity contribution in [3.8, 4) is 0 Å². The van der Waals surface area contributed by atoms with E-state index in [4.69, 9.17) is 0 Å². The average Bonchev–Trinajstić information content (AvgIpc) is 2.38. The molecular weight excluding hydrogens is 220 g/mol. The molecule has 2 rings (SSSR count). The SMILES string of the molecule is Cc1ccc(C2CCCCC2CNC(C)C)cn1. The predicted octanol–water partition coefficient (Wildman–Crippen LogP) is 3.66. The summed E-state index contributed by atoms with van der Waals surface area (Å²) in [6, 6.07) is 5.01. The Morgan fingerprint density at radius 2 is 2.06 bits per heavy atom. The summed E-state index contributed by atoms with van der Waals surface area (Å²) in [5, 5.41) is 3.61. The second-order valence-corrected chi connectivity index (χ2v) is 5.95. The lowest BCUT2D eigenvalue weighted by molar-refractivity contribution is 0.289. The molecule has 2 heteroatoms. The zero-order valence-corrected chi connectivity index (χ0v) is 11.9. The van der Waals surface area contributed by atoms with Crippen molar-refractivity contribution in [3.05, 3.63) is 29.6 Å². The molecule has 2 unspecified atom stereocenters. The molecule has 1 aliphatic carbocycles. The highest BCUT2D eigenvalue weighted by atomic mass is 14.9. The second-order valence-electron chi connectivity index (χ2n) is 5.95. The summed E-state index contributed by atoms with van der Waals surface area (Å²) in [5.41, 5.74) is 2.56. The van der Waals surface area contributed by atoms with Crippen molar-refractivity contribution in [2.24, 2.45) is 5.92 Å². The van der Waals surface area contributed by atoms with Gasteiger partial charge in [0, 0.05) is 17.9 Å². The van der Waals surface area contributed by atoms with Crippen LogP contribution in [0.1, 0.15) is 56.7 Å². The van der Waals surface area contributed by atoms with Gasteiger partial charge in [0.2, 0.25) is 0 Å². The Bertz CT molecular complexity index is 356. The molecule has 0 radical (unpaired) electrons. The third kappa shape index (κ3) is 3.55. The van der Waals surface area contributed by atoms with Crippen molar-refractivity contribution >= 4 is 0 Å². The van der Waals surface area contributed by atoms with Gasteiger partial charge in [0.05, 0.1) is 0 Å². The Morgan fingerprint density at radius 3 is 2.72 bits per heavy atom. The van der Waals surface area contributed by atoms with Crippen LogP contribution >= 0.6 is 0 Å². The quantitative estimate of drug-likeness (QED) is 0.877. The highest BCUT2D eigenvalue weighted by Crippen LogP contribution is 2.37. The number of rotatable bonds is 4. The molecule has 100 valence electrons. The summed E-state index contributed by atoms with van der Waals surface area (Å²) in [6.07, 6.45) is 7.54. The number of pyridine rings is 1. The molecule has 1 aromatic rings. The molecule has 0 bridgehead atoms. The molecule has 18 heavy (non-hydrogen) atoms. The Labute approximate surface area is 111 Å². The van der Waals surface area contributed by atoms with E-state index in [1.54, 1.807) is 0 Å². The van der Waals surface area contributed by atoms with E-state index >= 15 is 0 Å². The van der Waals surface area contributed by atoms with Gasteiger partial charge < -0.3 is 5.32 Å². The fourth-order valence-electron chi connectivity index (χ4n) is 2.98. The Balaban J connectivity index is 2.05. The maximum absolute atomic E-state index is 4.46. The summed E-state index contributed by atoms with van der Waals surface area (Å²) in [6.45, 7) is 7.66. The molecule has 0 spiro atoms. The molecule has 0 aromatic carbocycles. The van der Waals surface area contributed by atoms with Crippen LogP contribution in [0.3, 0.4) is 0 Å². The minimum absolute atomic E-state index is 0.587. The van der Waals surface area contributed by atoms with Gasteiger partial charge in [0.1, 0.15) is 0 Å². The highest BCUT2D eigenvalue weighted by Gasteiger charge is 2.26. The van der Waals surface area contributed by atoms with Crippen LogP contribution < -0.4 is 5.32 Å². The molecule has 2 atom stereocenters. The smallest absolute Gasteiger partial charge is 0.0372 e. The molecule has 1 fully saturated rings. The first-order valence-corrected chi connectivity index (χ1v) is 7.32. The topological polar surface area (TPSA) is 24.9 Å². The summed E-state index contributed by atoms with van der Waals surface area (Å²) in [5.74, 6) is 1.49. The third-order valence-electron chi connectivity index (χ3n) is 4.06. The number of aromatic nitrogens is 1. The minimum Gasteiger partial charge on any atom is -0.314 e. The standard InChI is InChI=1S/C16H26N2/c1-12(2)17-10-14-6-4-5-7-16(14)15-9-8-13(3)18-11-15/h8-9,11-12,14,16-17H,4-7,10H2,1-3H3. The summed E-state index contributed by atoms with van der Waals surface area (Å²) < 4.78 is 0. The largest absolute Gasteiger partial charge is 0.314 e. The van der Waals surface area contributed by atoms with Gasteiger partial charge in [0.15, 0.2) is 0 Å². The van der Waals surface area contributed by atoms with Gasteiger partial charge in [-0.15, -0.1) is 0 Å². The molecule has 0 aliphatic heterocycles. The molecule has 0 saturated heterocycles. The van der Waals surface area contributed by atoms with Gasteiger partial charge in [-0.2, -0.15) is 0 Å². The molecule has 1 saturated carbocycles. The average molecular weight is 246 g/mol. The second kappa shape index (κ2) is 6.33.